The van der Waals surface area contributed by atoms with E-state index in [9.17, 15) is 4.79 Å². The van der Waals surface area contributed by atoms with E-state index in [1.165, 1.54) is 18.4 Å². The van der Waals surface area contributed by atoms with Crippen LogP contribution in [0.15, 0.2) is 29.2 Å². The molecule has 1 fully saturated rings. The normalized spacial score (nSPS) is 14.6. The minimum atomic E-state index is 0.185. The molecule has 0 aromatic heterocycles. The molecule has 1 aromatic carbocycles. The standard InChI is InChI=1S/C16H24N2OS/c1-12(2)18(3)16(19)11-20-15-8-4-13(5-9-15)10-17-14-6-7-14/h4-5,8-9,12,14,17H,6-7,10-11H2,1-3H3. The molecule has 1 aromatic rings. The summed E-state index contributed by atoms with van der Waals surface area (Å²) in [4.78, 5) is 14.9. The van der Waals surface area contributed by atoms with Crippen molar-refractivity contribution >= 4 is 17.7 Å². The maximum absolute atomic E-state index is 11.9. The van der Waals surface area contributed by atoms with Crippen LogP contribution in [-0.4, -0.2) is 35.7 Å². The van der Waals surface area contributed by atoms with Crippen molar-refractivity contribution in [2.24, 2.45) is 0 Å². The Balaban J connectivity index is 1.76. The van der Waals surface area contributed by atoms with Gasteiger partial charge in [0, 0.05) is 30.6 Å². The molecule has 2 rings (SSSR count). The maximum Gasteiger partial charge on any atom is 0.232 e. The summed E-state index contributed by atoms with van der Waals surface area (Å²) in [7, 11) is 1.86. The van der Waals surface area contributed by atoms with E-state index in [4.69, 9.17) is 0 Å². The first-order chi connectivity index (χ1) is 9.56. The Morgan fingerprint density at radius 1 is 1.35 bits per heavy atom. The van der Waals surface area contributed by atoms with E-state index in [-0.39, 0.29) is 11.9 Å². The molecule has 1 N–H and O–H groups in total. The molecule has 0 bridgehead atoms. The van der Waals surface area contributed by atoms with Gasteiger partial charge in [0.15, 0.2) is 0 Å². The molecule has 4 heteroatoms. The smallest absolute Gasteiger partial charge is 0.232 e. The highest BCUT2D eigenvalue weighted by atomic mass is 32.2. The van der Waals surface area contributed by atoms with E-state index in [0.717, 1.165) is 17.5 Å². The zero-order valence-electron chi connectivity index (χ0n) is 12.6. The number of carbonyl (C=O) groups excluding carboxylic acids is 1. The molecule has 0 saturated heterocycles. The van der Waals surface area contributed by atoms with Gasteiger partial charge in [-0.05, 0) is 44.4 Å². The second-order valence-corrected chi connectivity index (χ2v) is 6.73. The molecule has 0 spiro atoms. The second kappa shape index (κ2) is 7.14. The van der Waals surface area contributed by atoms with Crippen LogP contribution in [0, 0.1) is 0 Å². The van der Waals surface area contributed by atoms with Gasteiger partial charge in [-0.25, -0.2) is 0 Å². The predicted molar refractivity (Wildman–Crippen MR) is 84.9 cm³/mol. The quantitative estimate of drug-likeness (QED) is 0.784. The van der Waals surface area contributed by atoms with Gasteiger partial charge >= 0.3 is 0 Å². The van der Waals surface area contributed by atoms with Crippen molar-refractivity contribution in [3.63, 3.8) is 0 Å². The summed E-state index contributed by atoms with van der Waals surface area (Å²) in [5.41, 5.74) is 1.31. The van der Waals surface area contributed by atoms with Gasteiger partial charge in [0.1, 0.15) is 0 Å². The van der Waals surface area contributed by atoms with Crippen LogP contribution < -0.4 is 5.32 Å². The SMILES string of the molecule is CC(C)N(C)C(=O)CSc1ccc(CNC2CC2)cc1. The molecule has 0 atom stereocenters. The number of hydrogen-bond donors (Lipinski definition) is 1. The predicted octanol–water partition coefficient (Wildman–Crippen LogP) is 2.90. The highest BCUT2D eigenvalue weighted by Gasteiger charge is 2.19. The summed E-state index contributed by atoms with van der Waals surface area (Å²) < 4.78 is 0. The van der Waals surface area contributed by atoms with Crippen molar-refractivity contribution in [1.29, 1.82) is 0 Å². The first-order valence-corrected chi connectivity index (χ1v) is 8.25. The molecule has 0 heterocycles. The third-order valence-electron chi connectivity index (χ3n) is 3.63. The van der Waals surface area contributed by atoms with E-state index in [1.54, 1.807) is 16.7 Å². The third kappa shape index (κ3) is 4.84. The van der Waals surface area contributed by atoms with E-state index >= 15 is 0 Å². The Kier molecular flexibility index (Phi) is 5.49. The third-order valence-corrected chi connectivity index (χ3v) is 4.62. The molecule has 0 radical (unpaired) electrons. The van der Waals surface area contributed by atoms with E-state index in [2.05, 4.69) is 29.6 Å². The number of benzene rings is 1. The lowest BCUT2D eigenvalue weighted by atomic mass is 10.2. The van der Waals surface area contributed by atoms with Crippen LogP contribution in [0.2, 0.25) is 0 Å². The van der Waals surface area contributed by atoms with Crippen LogP contribution in [0.4, 0.5) is 0 Å². The average Bonchev–Trinajstić information content (AvgIpc) is 3.26. The van der Waals surface area contributed by atoms with Crippen LogP contribution in [0.25, 0.3) is 0 Å². The van der Waals surface area contributed by atoms with E-state index in [1.807, 2.05) is 20.9 Å². The molecule has 20 heavy (non-hydrogen) atoms. The second-order valence-electron chi connectivity index (χ2n) is 5.69. The van der Waals surface area contributed by atoms with Gasteiger partial charge in [0.25, 0.3) is 0 Å². The summed E-state index contributed by atoms with van der Waals surface area (Å²) in [6.45, 7) is 5.01. The minimum Gasteiger partial charge on any atom is -0.343 e. The summed E-state index contributed by atoms with van der Waals surface area (Å²) in [5.74, 6) is 0.693. The number of nitrogens with zero attached hydrogens (tertiary/aromatic N) is 1. The topological polar surface area (TPSA) is 32.3 Å². The largest absolute Gasteiger partial charge is 0.343 e. The number of nitrogens with one attached hydrogen (secondary N) is 1. The summed E-state index contributed by atoms with van der Waals surface area (Å²) in [6, 6.07) is 9.52. The van der Waals surface area contributed by atoms with Gasteiger partial charge in [-0.1, -0.05) is 12.1 Å². The maximum atomic E-state index is 11.9. The summed E-state index contributed by atoms with van der Waals surface area (Å²) >= 11 is 1.61. The Hall–Kier alpha value is -1.00. The van der Waals surface area contributed by atoms with Gasteiger partial charge < -0.3 is 10.2 Å². The van der Waals surface area contributed by atoms with Gasteiger partial charge in [-0.3, -0.25) is 4.79 Å². The Labute approximate surface area is 126 Å². The van der Waals surface area contributed by atoms with Gasteiger partial charge in [0.05, 0.1) is 5.75 Å². The van der Waals surface area contributed by atoms with E-state index in [0.29, 0.717) is 5.75 Å². The van der Waals surface area contributed by atoms with E-state index < -0.39 is 0 Å². The van der Waals surface area contributed by atoms with Crippen molar-refractivity contribution < 1.29 is 4.79 Å². The molecule has 1 aliphatic rings. The van der Waals surface area contributed by atoms with Crippen LogP contribution in [0.3, 0.4) is 0 Å². The zero-order valence-corrected chi connectivity index (χ0v) is 13.4. The number of carbonyl (C=O) groups is 1. The highest BCUT2D eigenvalue weighted by Crippen LogP contribution is 2.21. The number of hydrogen-bond acceptors (Lipinski definition) is 3. The molecule has 3 nitrogen and oxygen atoms in total. The van der Waals surface area contributed by atoms with Crippen molar-refractivity contribution in [3.8, 4) is 0 Å². The van der Waals surface area contributed by atoms with Gasteiger partial charge in [-0.15, -0.1) is 11.8 Å². The van der Waals surface area contributed by atoms with Crippen molar-refractivity contribution in [2.45, 2.75) is 50.2 Å². The fraction of sp³-hybridized carbons (Fsp3) is 0.562. The Morgan fingerprint density at radius 2 is 2.00 bits per heavy atom. The molecule has 1 saturated carbocycles. The number of thioether (sulfide) groups is 1. The summed E-state index contributed by atoms with van der Waals surface area (Å²) in [5, 5.41) is 3.50. The molecule has 0 aliphatic heterocycles. The van der Waals surface area contributed by atoms with Crippen molar-refractivity contribution in [1.82, 2.24) is 10.2 Å². The molecular formula is C16H24N2OS. The average molecular weight is 292 g/mol. The van der Waals surface area contributed by atoms with Crippen LogP contribution in [-0.2, 0) is 11.3 Å². The van der Waals surface area contributed by atoms with Crippen LogP contribution >= 0.6 is 11.8 Å². The zero-order chi connectivity index (χ0) is 14.5. The highest BCUT2D eigenvalue weighted by molar-refractivity contribution is 8.00. The van der Waals surface area contributed by atoms with Crippen LogP contribution in [0.1, 0.15) is 32.3 Å². The Bertz CT molecular complexity index is 440. The lowest BCUT2D eigenvalue weighted by Crippen LogP contribution is -2.34. The summed E-state index contributed by atoms with van der Waals surface area (Å²) in [6.07, 6.45) is 2.64. The molecular weight excluding hydrogens is 268 g/mol. The fourth-order valence-electron chi connectivity index (χ4n) is 1.79. The van der Waals surface area contributed by atoms with Crippen molar-refractivity contribution in [3.05, 3.63) is 29.8 Å². The number of rotatable bonds is 7. The van der Waals surface area contributed by atoms with Gasteiger partial charge in [0.2, 0.25) is 5.91 Å². The number of amides is 1. The molecule has 110 valence electrons. The lowest BCUT2D eigenvalue weighted by Gasteiger charge is -2.21. The lowest BCUT2D eigenvalue weighted by molar-refractivity contribution is -0.128. The molecule has 1 aliphatic carbocycles. The van der Waals surface area contributed by atoms with Crippen molar-refractivity contribution in [2.75, 3.05) is 12.8 Å². The fourth-order valence-corrected chi connectivity index (χ4v) is 2.61. The first kappa shape index (κ1) is 15.4. The minimum absolute atomic E-state index is 0.185. The van der Waals surface area contributed by atoms with Crippen LogP contribution in [0.5, 0.6) is 0 Å². The molecule has 1 amide bonds. The van der Waals surface area contributed by atoms with Gasteiger partial charge in [-0.2, -0.15) is 0 Å². The first-order valence-electron chi connectivity index (χ1n) is 7.27. The monoisotopic (exact) mass is 292 g/mol. The Morgan fingerprint density at radius 3 is 2.55 bits per heavy atom. The molecule has 0 unspecified atom stereocenters.